The van der Waals surface area contributed by atoms with E-state index in [1.165, 1.54) is 27.8 Å². The molecule has 45 heavy (non-hydrogen) atoms. The van der Waals surface area contributed by atoms with Crippen LogP contribution in [-0.4, -0.2) is 81.5 Å². The summed E-state index contributed by atoms with van der Waals surface area (Å²) in [5.74, 6) is 0.554. The molecule has 7 rings (SSSR count). The lowest BCUT2D eigenvalue weighted by Crippen LogP contribution is -2.34. The number of nitrogens with zero attached hydrogens (tertiary/aromatic N) is 7. The molecule has 0 radical (unpaired) electrons. The predicted molar refractivity (Wildman–Crippen MR) is 175 cm³/mol. The predicted octanol–water partition coefficient (Wildman–Crippen LogP) is 5.53. The first-order valence-electron chi connectivity index (χ1n) is 15.1. The number of hydrogen-bond acceptors (Lipinski definition) is 9. The van der Waals surface area contributed by atoms with Gasteiger partial charge in [-0.2, -0.15) is 10.2 Å². The third-order valence-electron chi connectivity index (χ3n) is 8.37. The number of ether oxygens (including phenoxy) is 2. The summed E-state index contributed by atoms with van der Waals surface area (Å²) in [5, 5.41) is 15.0. The van der Waals surface area contributed by atoms with E-state index in [2.05, 4.69) is 36.0 Å². The van der Waals surface area contributed by atoms with Crippen LogP contribution in [0.4, 0.5) is 15.9 Å². The van der Waals surface area contributed by atoms with E-state index in [4.69, 9.17) is 14.6 Å². The van der Waals surface area contributed by atoms with Crippen molar-refractivity contribution in [2.75, 3.05) is 52.4 Å². The van der Waals surface area contributed by atoms with Gasteiger partial charge in [0.15, 0.2) is 0 Å². The Morgan fingerprint density at radius 3 is 2.62 bits per heavy atom. The SMILES string of the molecule is COCCN(CCOC)CCn1ncc2c1CCc1c-2sc2ncnc(Nc3ccc4c(cnn4Cc4cccc(F)c4)c3)c12. The summed E-state index contributed by atoms with van der Waals surface area (Å²) in [5.41, 5.74) is 6.51. The number of hydrogen-bond donors (Lipinski definition) is 1. The second kappa shape index (κ2) is 13.0. The number of methoxy groups -OCH3 is 2. The molecule has 1 aliphatic carbocycles. The second-order valence-electron chi connectivity index (χ2n) is 11.2. The van der Waals surface area contributed by atoms with Gasteiger partial charge in [-0.15, -0.1) is 11.3 Å². The Bertz CT molecular complexity index is 1940. The van der Waals surface area contributed by atoms with E-state index in [0.29, 0.717) is 19.8 Å². The third kappa shape index (κ3) is 6.06. The zero-order valence-electron chi connectivity index (χ0n) is 25.4. The number of aromatic nitrogens is 6. The van der Waals surface area contributed by atoms with Crippen LogP contribution >= 0.6 is 11.3 Å². The molecule has 4 aromatic heterocycles. The van der Waals surface area contributed by atoms with Crippen LogP contribution in [0.2, 0.25) is 0 Å². The highest BCUT2D eigenvalue weighted by Crippen LogP contribution is 2.45. The number of nitrogens with one attached hydrogen (secondary N) is 1. The van der Waals surface area contributed by atoms with Crippen molar-refractivity contribution in [3.8, 4) is 10.4 Å². The van der Waals surface area contributed by atoms with Gasteiger partial charge in [-0.1, -0.05) is 12.1 Å². The lowest BCUT2D eigenvalue weighted by molar-refractivity contribution is 0.111. The van der Waals surface area contributed by atoms with Crippen LogP contribution < -0.4 is 5.32 Å². The molecule has 0 spiro atoms. The molecule has 232 valence electrons. The average molecular weight is 627 g/mol. The van der Waals surface area contributed by atoms with Gasteiger partial charge in [-0.25, -0.2) is 14.4 Å². The first kappa shape index (κ1) is 29.5. The van der Waals surface area contributed by atoms with Gasteiger partial charge in [-0.3, -0.25) is 14.3 Å². The smallest absolute Gasteiger partial charge is 0.142 e. The Kier molecular flexibility index (Phi) is 8.53. The number of fused-ring (bicyclic) bond motifs is 6. The first-order valence-corrected chi connectivity index (χ1v) is 15.9. The second-order valence-corrected chi connectivity index (χ2v) is 12.2. The van der Waals surface area contributed by atoms with Gasteiger partial charge in [0.05, 0.1) is 49.6 Å². The van der Waals surface area contributed by atoms with E-state index < -0.39 is 0 Å². The number of rotatable bonds is 13. The maximum Gasteiger partial charge on any atom is 0.142 e. The van der Waals surface area contributed by atoms with Gasteiger partial charge in [0, 0.05) is 61.1 Å². The summed E-state index contributed by atoms with van der Waals surface area (Å²) >= 11 is 1.71. The minimum atomic E-state index is -0.244. The van der Waals surface area contributed by atoms with E-state index in [1.54, 1.807) is 44.0 Å². The third-order valence-corrected chi connectivity index (χ3v) is 9.54. The van der Waals surface area contributed by atoms with Crippen LogP contribution in [0, 0.1) is 5.82 Å². The van der Waals surface area contributed by atoms with Crippen molar-refractivity contribution >= 4 is 44.0 Å². The highest BCUT2D eigenvalue weighted by Gasteiger charge is 2.27. The van der Waals surface area contributed by atoms with Crippen LogP contribution in [0.3, 0.4) is 0 Å². The highest BCUT2D eigenvalue weighted by molar-refractivity contribution is 7.22. The van der Waals surface area contributed by atoms with Crippen molar-refractivity contribution in [2.45, 2.75) is 25.9 Å². The molecular formula is C33H35FN8O2S. The minimum Gasteiger partial charge on any atom is -0.383 e. The summed E-state index contributed by atoms with van der Waals surface area (Å²) in [4.78, 5) is 13.9. The van der Waals surface area contributed by atoms with Gasteiger partial charge in [-0.05, 0) is 54.3 Å². The molecular weight excluding hydrogens is 591 g/mol. The summed E-state index contributed by atoms with van der Waals surface area (Å²) < 4.78 is 28.4. The molecule has 2 aromatic carbocycles. The van der Waals surface area contributed by atoms with E-state index in [-0.39, 0.29) is 5.82 Å². The van der Waals surface area contributed by atoms with Crippen LogP contribution in [0.1, 0.15) is 16.8 Å². The summed E-state index contributed by atoms with van der Waals surface area (Å²) in [6.07, 6.45) is 7.29. The van der Waals surface area contributed by atoms with Crippen molar-refractivity contribution in [1.82, 2.24) is 34.4 Å². The van der Waals surface area contributed by atoms with Crippen molar-refractivity contribution in [3.05, 3.63) is 83.8 Å². The fourth-order valence-electron chi connectivity index (χ4n) is 6.09. The topological polar surface area (TPSA) is 95.2 Å². The zero-order valence-corrected chi connectivity index (χ0v) is 26.2. The Morgan fingerprint density at radius 1 is 0.956 bits per heavy atom. The number of anilines is 2. The summed E-state index contributed by atoms with van der Waals surface area (Å²) in [6.45, 7) is 5.31. The minimum absolute atomic E-state index is 0.244. The lowest BCUT2D eigenvalue weighted by Gasteiger charge is -2.22. The van der Waals surface area contributed by atoms with Gasteiger partial charge in [0.25, 0.3) is 0 Å². The van der Waals surface area contributed by atoms with Crippen LogP contribution in [0.25, 0.3) is 31.6 Å². The van der Waals surface area contributed by atoms with E-state index >= 15 is 0 Å². The number of thiophene rings is 1. The molecule has 1 aliphatic rings. The Balaban J connectivity index is 1.12. The van der Waals surface area contributed by atoms with E-state index in [9.17, 15) is 4.39 Å². The van der Waals surface area contributed by atoms with E-state index in [1.807, 2.05) is 35.3 Å². The highest BCUT2D eigenvalue weighted by atomic mass is 32.1. The van der Waals surface area contributed by atoms with Crippen LogP contribution in [-0.2, 0) is 35.4 Å². The molecule has 1 N–H and O–H groups in total. The van der Waals surface area contributed by atoms with Gasteiger partial charge in [0.1, 0.15) is 22.8 Å². The number of aryl methyl sites for hydroxylation is 1. The van der Waals surface area contributed by atoms with Crippen molar-refractivity contribution in [2.24, 2.45) is 0 Å². The fraction of sp³-hybridized carbons (Fsp3) is 0.333. The standard InChI is InChI=1S/C33H35FN8O2S/c1-43-14-12-40(13-15-44-2)10-11-41-29-9-7-26-30-32(35-21-36-33(30)45-31(26)27(29)19-38-41)39-25-6-8-28-23(17-25)18-37-42(28)20-22-4-3-5-24(34)16-22/h3-6,8,16-19,21H,7,9-15,20H2,1-2H3,(H,35,36,39). The van der Waals surface area contributed by atoms with Gasteiger partial charge in [0.2, 0.25) is 0 Å². The van der Waals surface area contributed by atoms with Gasteiger partial charge < -0.3 is 14.8 Å². The summed E-state index contributed by atoms with van der Waals surface area (Å²) in [7, 11) is 3.47. The Hall–Kier alpha value is -4.23. The first-order chi connectivity index (χ1) is 22.1. The van der Waals surface area contributed by atoms with Crippen molar-refractivity contribution in [1.29, 1.82) is 0 Å². The molecule has 0 saturated carbocycles. The van der Waals surface area contributed by atoms with Crippen LogP contribution in [0.15, 0.2) is 61.2 Å². The van der Waals surface area contributed by atoms with Crippen molar-refractivity contribution < 1.29 is 13.9 Å². The number of benzene rings is 2. The molecule has 6 aromatic rings. The lowest BCUT2D eigenvalue weighted by atomic mass is 9.95. The molecule has 0 atom stereocenters. The largest absolute Gasteiger partial charge is 0.383 e. The Labute approximate surface area is 264 Å². The normalized spacial score (nSPS) is 12.7. The average Bonchev–Trinajstić information content (AvgIpc) is 3.76. The monoisotopic (exact) mass is 626 g/mol. The molecule has 0 unspecified atom stereocenters. The van der Waals surface area contributed by atoms with Crippen molar-refractivity contribution in [3.63, 3.8) is 0 Å². The molecule has 0 amide bonds. The molecule has 4 heterocycles. The molecule has 0 aliphatic heterocycles. The zero-order chi connectivity index (χ0) is 30.8. The molecule has 12 heteroatoms. The molecule has 0 bridgehead atoms. The molecule has 0 saturated heterocycles. The molecule has 0 fully saturated rings. The maximum atomic E-state index is 13.7. The fourth-order valence-corrected chi connectivity index (χ4v) is 7.31. The number of halogens is 1. The van der Waals surface area contributed by atoms with Crippen LogP contribution in [0.5, 0.6) is 0 Å². The van der Waals surface area contributed by atoms with Gasteiger partial charge >= 0.3 is 0 Å². The summed E-state index contributed by atoms with van der Waals surface area (Å²) in [6, 6.07) is 12.8. The quantitative estimate of drug-likeness (QED) is 0.179. The molecule has 10 nitrogen and oxygen atoms in total. The Morgan fingerprint density at radius 2 is 1.80 bits per heavy atom. The maximum absolute atomic E-state index is 13.7. The van der Waals surface area contributed by atoms with E-state index in [0.717, 1.165) is 77.2 Å².